The van der Waals surface area contributed by atoms with E-state index in [0.717, 1.165) is 0 Å². The van der Waals surface area contributed by atoms with Crippen LogP contribution in [-0.2, 0) is 4.74 Å². The van der Waals surface area contributed by atoms with Gasteiger partial charge < -0.3 is 15.8 Å². The molecule has 1 rings (SSSR count). The van der Waals surface area contributed by atoms with E-state index in [1.807, 2.05) is 0 Å². The fraction of sp³-hybridized carbons (Fsp3) is 0.286. The molecular formula is C7H9ClN4O2. The van der Waals surface area contributed by atoms with Crippen LogP contribution in [0.25, 0.3) is 0 Å². The van der Waals surface area contributed by atoms with Crippen molar-refractivity contribution in [2.75, 3.05) is 19.2 Å². The number of methoxy groups -OCH3 is 1. The van der Waals surface area contributed by atoms with Crippen LogP contribution in [0.5, 0.6) is 0 Å². The molecule has 3 N–H and O–H groups in total. The van der Waals surface area contributed by atoms with Gasteiger partial charge in [0.25, 0.3) is 5.91 Å². The molecule has 0 unspecified atom stereocenters. The summed E-state index contributed by atoms with van der Waals surface area (Å²) in [5, 5.41) is 2.72. The van der Waals surface area contributed by atoms with Gasteiger partial charge in [-0.25, -0.2) is 9.97 Å². The van der Waals surface area contributed by atoms with Gasteiger partial charge in [-0.15, -0.1) is 0 Å². The molecule has 1 aromatic rings. The molecule has 1 aromatic heterocycles. The summed E-state index contributed by atoms with van der Waals surface area (Å²) >= 11 is 5.56. The third-order valence-corrected chi connectivity index (χ3v) is 1.52. The molecule has 1 amide bonds. The van der Waals surface area contributed by atoms with E-state index in [9.17, 15) is 4.79 Å². The Hall–Kier alpha value is -1.40. The van der Waals surface area contributed by atoms with Gasteiger partial charge in [0.2, 0.25) is 5.28 Å². The van der Waals surface area contributed by atoms with Gasteiger partial charge in [0.15, 0.2) is 0 Å². The number of anilines is 1. The Morgan fingerprint density at radius 1 is 1.71 bits per heavy atom. The lowest BCUT2D eigenvalue weighted by molar-refractivity contribution is 0.0995. The third-order valence-electron chi connectivity index (χ3n) is 1.35. The Bertz CT molecular complexity index is 344. The number of hydrogen-bond donors (Lipinski definition) is 2. The topological polar surface area (TPSA) is 90.1 Å². The maximum absolute atomic E-state index is 10.8. The van der Waals surface area contributed by atoms with E-state index in [0.29, 0.717) is 5.82 Å². The highest BCUT2D eigenvalue weighted by molar-refractivity contribution is 6.28. The van der Waals surface area contributed by atoms with E-state index >= 15 is 0 Å². The smallest absolute Gasteiger partial charge is 0.267 e. The highest BCUT2D eigenvalue weighted by atomic mass is 35.5. The zero-order valence-corrected chi connectivity index (χ0v) is 8.21. The van der Waals surface area contributed by atoms with E-state index in [2.05, 4.69) is 15.3 Å². The average Bonchev–Trinajstić information content (AvgIpc) is 2.14. The normalized spacial score (nSPS) is 9.86. The van der Waals surface area contributed by atoms with Gasteiger partial charge in [-0.05, 0) is 11.6 Å². The van der Waals surface area contributed by atoms with Crippen molar-refractivity contribution in [3.05, 3.63) is 17.0 Å². The molecule has 0 aliphatic rings. The number of ether oxygens (including phenoxy) is 1. The first kappa shape index (κ1) is 10.7. The molecule has 14 heavy (non-hydrogen) atoms. The molecule has 0 aliphatic carbocycles. The predicted octanol–water partition coefficient (Wildman–Crippen LogP) is 0.245. The number of nitrogens with one attached hydrogen (secondary N) is 1. The van der Waals surface area contributed by atoms with Gasteiger partial charge >= 0.3 is 0 Å². The maximum Gasteiger partial charge on any atom is 0.267 e. The van der Waals surface area contributed by atoms with E-state index in [4.69, 9.17) is 22.1 Å². The number of carbonyl (C=O) groups is 1. The number of primary amides is 1. The highest BCUT2D eigenvalue weighted by Crippen LogP contribution is 2.09. The molecule has 0 spiro atoms. The molecule has 0 atom stereocenters. The summed E-state index contributed by atoms with van der Waals surface area (Å²) in [6.45, 7) is 0.256. The summed E-state index contributed by atoms with van der Waals surface area (Å²) in [5.74, 6) is -0.268. The lowest BCUT2D eigenvalue weighted by Crippen LogP contribution is -2.15. The Balaban J connectivity index is 2.89. The van der Waals surface area contributed by atoms with Crippen LogP contribution >= 0.6 is 11.6 Å². The standard InChI is InChI=1S/C7H9ClN4O2/c1-14-3-10-5-2-4(6(9)13)11-7(8)12-5/h2H,3H2,1H3,(H2,9,13)(H,10,11,12). The first-order chi connectivity index (χ1) is 6.63. The zero-order chi connectivity index (χ0) is 10.6. The van der Waals surface area contributed by atoms with Crippen molar-refractivity contribution in [3.8, 4) is 0 Å². The molecular weight excluding hydrogens is 208 g/mol. The molecule has 1 heterocycles. The quantitative estimate of drug-likeness (QED) is 0.556. The predicted molar refractivity (Wildman–Crippen MR) is 51.1 cm³/mol. The van der Waals surface area contributed by atoms with Crippen molar-refractivity contribution in [1.29, 1.82) is 0 Å². The summed E-state index contributed by atoms with van der Waals surface area (Å²) in [7, 11) is 1.52. The van der Waals surface area contributed by atoms with Crippen molar-refractivity contribution in [2.45, 2.75) is 0 Å². The van der Waals surface area contributed by atoms with Gasteiger partial charge in [0.05, 0.1) is 0 Å². The van der Waals surface area contributed by atoms with Crippen LogP contribution in [0.2, 0.25) is 5.28 Å². The SMILES string of the molecule is COCNc1cc(C(N)=O)nc(Cl)n1. The van der Waals surface area contributed by atoms with Crippen LogP contribution in [0.1, 0.15) is 10.5 Å². The van der Waals surface area contributed by atoms with Gasteiger partial charge in [-0.3, -0.25) is 4.79 Å². The largest absolute Gasteiger partial charge is 0.365 e. The molecule has 0 saturated heterocycles. The van der Waals surface area contributed by atoms with E-state index in [1.165, 1.54) is 13.2 Å². The maximum atomic E-state index is 10.8. The molecule has 0 bridgehead atoms. The number of aromatic nitrogens is 2. The molecule has 0 fully saturated rings. The van der Waals surface area contributed by atoms with Crippen LogP contribution in [0.3, 0.4) is 0 Å². The summed E-state index contributed by atoms with van der Waals surface area (Å²) in [6.07, 6.45) is 0. The molecule has 0 radical (unpaired) electrons. The van der Waals surface area contributed by atoms with Crippen molar-refractivity contribution >= 4 is 23.3 Å². The minimum Gasteiger partial charge on any atom is -0.365 e. The fourth-order valence-corrected chi connectivity index (χ4v) is 0.963. The van der Waals surface area contributed by atoms with Crippen molar-refractivity contribution in [3.63, 3.8) is 0 Å². The lowest BCUT2D eigenvalue weighted by atomic mass is 10.4. The summed E-state index contributed by atoms with van der Waals surface area (Å²) in [4.78, 5) is 18.2. The highest BCUT2D eigenvalue weighted by Gasteiger charge is 2.06. The Morgan fingerprint density at radius 3 is 3.00 bits per heavy atom. The molecule has 76 valence electrons. The number of halogens is 1. The molecule has 7 heteroatoms. The van der Waals surface area contributed by atoms with Crippen LogP contribution in [0, 0.1) is 0 Å². The first-order valence-electron chi connectivity index (χ1n) is 3.70. The number of rotatable bonds is 4. The number of amides is 1. The summed E-state index contributed by atoms with van der Waals surface area (Å²) < 4.78 is 4.76. The van der Waals surface area contributed by atoms with Crippen LogP contribution < -0.4 is 11.1 Å². The fourth-order valence-electron chi connectivity index (χ4n) is 0.781. The van der Waals surface area contributed by atoms with E-state index < -0.39 is 5.91 Å². The monoisotopic (exact) mass is 216 g/mol. The minimum atomic E-state index is -0.658. The number of carbonyl (C=O) groups excluding carboxylic acids is 1. The average molecular weight is 217 g/mol. The van der Waals surface area contributed by atoms with E-state index in [1.54, 1.807) is 0 Å². The molecule has 6 nitrogen and oxygen atoms in total. The second-order valence-corrected chi connectivity index (χ2v) is 2.72. The lowest BCUT2D eigenvalue weighted by Gasteiger charge is -2.04. The Kier molecular flexibility index (Phi) is 3.61. The van der Waals surface area contributed by atoms with Gasteiger partial charge in [-0.2, -0.15) is 0 Å². The van der Waals surface area contributed by atoms with Gasteiger partial charge in [0, 0.05) is 13.2 Å². The summed E-state index contributed by atoms with van der Waals surface area (Å²) in [5.41, 5.74) is 5.09. The number of nitrogens with zero attached hydrogens (tertiary/aromatic N) is 2. The zero-order valence-electron chi connectivity index (χ0n) is 7.45. The van der Waals surface area contributed by atoms with Crippen LogP contribution in [0.4, 0.5) is 5.82 Å². The molecule has 0 saturated carbocycles. The number of hydrogen-bond acceptors (Lipinski definition) is 5. The Morgan fingerprint density at radius 2 is 2.43 bits per heavy atom. The third kappa shape index (κ3) is 2.82. The summed E-state index contributed by atoms with van der Waals surface area (Å²) in [6, 6.07) is 1.40. The second-order valence-electron chi connectivity index (χ2n) is 2.38. The Labute approximate surface area is 85.4 Å². The van der Waals surface area contributed by atoms with Crippen LogP contribution in [-0.4, -0.2) is 29.7 Å². The van der Waals surface area contributed by atoms with Crippen molar-refractivity contribution < 1.29 is 9.53 Å². The molecule has 0 aliphatic heterocycles. The number of nitrogens with two attached hydrogens (primary N) is 1. The van der Waals surface area contributed by atoms with Crippen molar-refractivity contribution in [1.82, 2.24) is 9.97 Å². The van der Waals surface area contributed by atoms with Crippen molar-refractivity contribution in [2.24, 2.45) is 5.73 Å². The minimum absolute atomic E-state index is 0.0418. The molecule has 0 aromatic carbocycles. The first-order valence-corrected chi connectivity index (χ1v) is 4.08. The van der Waals surface area contributed by atoms with E-state index in [-0.39, 0.29) is 17.7 Å². The van der Waals surface area contributed by atoms with Gasteiger partial charge in [-0.1, -0.05) is 0 Å². The van der Waals surface area contributed by atoms with Gasteiger partial charge in [0.1, 0.15) is 18.2 Å². The second kappa shape index (κ2) is 4.73. The van der Waals surface area contributed by atoms with Crippen LogP contribution in [0.15, 0.2) is 6.07 Å².